The molecule has 176 valence electrons. The summed E-state index contributed by atoms with van der Waals surface area (Å²) in [6, 6.07) is 13.9. The summed E-state index contributed by atoms with van der Waals surface area (Å²) in [6.45, 7) is 4.08. The maximum absolute atomic E-state index is 11.7. The molecule has 0 fully saturated rings. The van der Waals surface area contributed by atoms with Crippen molar-refractivity contribution in [1.29, 1.82) is 0 Å². The van der Waals surface area contributed by atoms with Crippen LogP contribution in [-0.4, -0.2) is 48.5 Å². The van der Waals surface area contributed by atoms with E-state index in [0.717, 1.165) is 11.4 Å². The zero-order valence-electron chi connectivity index (χ0n) is 18.3. The molecule has 2 aromatic carbocycles. The average molecular weight is 491 g/mol. The third-order valence-corrected chi connectivity index (χ3v) is 7.06. The lowest BCUT2D eigenvalue weighted by Crippen LogP contribution is -2.28. The number of hydrogen-bond acceptors (Lipinski definition) is 6. The average Bonchev–Trinajstić information content (AvgIpc) is 2.93. The van der Waals surface area contributed by atoms with E-state index in [0.29, 0.717) is 11.3 Å². The molecular formula is C23H26N2O6S2. The standard InChI is InChI=1S/C23H26N2O6S2/c1-23(2)20-17-19(33(29,30)31)12-13-21(20)25(15-8-16-32(26,27)28)22(23)11-6-7-14-24-18-9-4-3-5-10-18/h3-7,9-14,17H,8,15-16H2,1-2H3,(H2,26,27,28,29,30,31). The monoisotopic (exact) mass is 490 g/mol. The summed E-state index contributed by atoms with van der Waals surface area (Å²) in [6.07, 6.45) is 7.38. The molecule has 3 rings (SSSR count). The van der Waals surface area contributed by atoms with E-state index < -0.39 is 31.4 Å². The lowest BCUT2D eigenvalue weighted by atomic mass is 9.81. The number of benzene rings is 2. The van der Waals surface area contributed by atoms with Crippen LogP contribution in [0.2, 0.25) is 0 Å². The summed E-state index contributed by atoms with van der Waals surface area (Å²) < 4.78 is 67.9. The zero-order chi connectivity index (χ0) is 24.3. The van der Waals surface area contributed by atoms with Gasteiger partial charge in [-0.1, -0.05) is 24.3 Å². The van der Waals surface area contributed by atoms with Crippen molar-refractivity contribution in [3.05, 3.63) is 78.5 Å². The minimum atomic E-state index is -4.38. The second-order valence-electron chi connectivity index (χ2n) is 8.16. The Morgan fingerprint density at radius 1 is 1.06 bits per heavy atom. The van der Waals surface area contributed by atoms with Gasteiger partial charge in [-0.25, -0.2) is 8.42 Å². The number of allylic oxidation sites excluding steroid dienone is 3. The van der Waals surface area contributed by atoms with E-state index >= 15 is 0 Å². The van der Waals surface area contributed by atoms with Crippen LogP contribution in [0.5, 0.6) is 0 Å². The van der Waals surface area contributed by atoms with Crippen molar-refractivity contribution in [2.24, 2.45) is 0 Å². The smallest absolute Gasteiger partial charge is 0.294 e. The van der Waals surface area contributed by atoms with Gasteiger partial charge in [-0.15, -0.1) is 0 Å². The Bertz CT molecular complexity index is 1330. The van der Waals surface area contributed by atoms with E-state index in [1.54, 1.807) is 12.3 Å². The summed E-state index contributed by atoms with van der Waals surface area (Å²) in [5.41, 5.74) is 2.47. The van der Waals surface area contributed by atoms with Gasteiger partial charge in [0.15, 0.2) is 5.71 Å². The van der Waals surface area contributed by atoms with Gasteiger partial charge in [0.05, 0.1) is 20.4 Å². The first kappa shape index (κ1) is 24.8. The second kappa shape index (κ2) is 9.60. The van der Waals surface area contributed by atoms with Gasteiger partial charge in [-0.2, -0.15) is 13.0 Å². The fourth-order valence-corrected chi connectivity index (χ4v) is 4.83. The Kier molecular flexibility index (Phi) is 7.23. The normalized spacial score (nSPS) is 16.0. The molecule has 0 bridgehead atoms. The molecule has 0 amide bonds. The Morgan fingerprint density at radius 3 is 2.39 bits per heavy atom. The molecule has 0 unspecified atom stereocenters. The van der Waals surface area contributed by atoms with E-state index in [1.807, 2.05) is 67.0 Å². The fourth-order valence-electron chi connectivity index (χ4n) is 3.84. The van der Waals surface area contributed by atoms with Gasteiger partial charge in [0, 0.05) is 41.8 Å². The summed E-state index contributed by atoms with van der Waals surface area (Å²) in [7, 11) is -8.73. The van der Waals surface area contributed by atoms with Crippen LogP contribution in [-0.2, 0) is 25.7 Å². The van der Waals surface area contributed by atoms with Crippen LogP contribution >= 0.6 is 0 Å². The molecule has 2 N–H and O–H groups in total. The third-order valence-electron chi connectivity index (χ3n) is 5.42. The van der Waals surface area contributed by atoms with E-state index in [2.05, 4.69) is 5.32 Å². The Morgan fingerprint density at radius 2 is 1.76 bits per heavy atom. The highest BCUT2D eigenvalue weighted by molar-refractivity contribution is 7.86. The fraction of sp³-hybridized carbons (Fsp3) is 0.261. The number of para-hydroxylation sites is 1. The molecule has 1 heterocycles. The molecule has 8 nitrogen and oxygen atoms in total. The maximum Gasteiger partial charge on any atom is 0.294 e. The molecule has 0 atom stereocenters. The molecule has 0 saturated heterocycles. The number of anilines is 1. The van der Waals surface area contributed by atoms with Crippen molar-refractivity contribution in [3.8, 4) is 0 Å². The number of hydrogen-bond donors (Lipinski definition) is 2. The van der Waals surface area contributed by atoms with Crippen LogP contribution in [0.4, 0.5) is 11.4 Å². The highest BCUT2D eigenvalue weighted by Gasteiger charge is 2.44. The maximum atomic E-state index is 11.7. The van der Waals surface area contributed by atoms with Crippen LogP contribution < -0.4 is 5.32 Å². The first-order valence-corrected chi connectivity index (χ1v) is 13.3. The minimum Gasteiger partial charge on any atom is -0.748 e. The lowest BCUT2D eigenvalue weighted by Gasteiger charge is -2.15. The predicted octanol–water partition coefficient (Wildman–Crippen LogP) is 3.43. The summed E-state index contributed by atoms with van der Waals surface area (Å²) in [5.74, 6) is -0.500. The molecule has 0 saturated carbocycles. The Labute approximate surface area is 194 Å². The molecule has 0 spiro atoms. The Hall–Kier alpha value is -2.79. The molecule has 33 heavy (non-hydrogen) atoms. The first-order valence-electron chi connectivity index (χ1n) is 10.2. The lowest BCUT2D eigenvalue weighted by molar-refractivity contribution is -0.437. The molecular weight excluding hydrogens is 464 g/mol. The third kappa shape index (κ3) is 6.17. The second-order valence-corrected chi connectivity index (χ2v) is 11.1. The summed E-state index contributed by atoms with van der Waals surface area (Å²) in [4.78, 5) is -0.214. The number of fused-ring (bicyclic) bond motifs is 1. The van der Waals surface area contributed by atoms with Gasteiger partial charge < -0.3 is 9.87 Å². The van der Waals surface area contributed by atoms with E-state index in [-0.39, 0.29) is 17.9 Å². The highest BCUT2D eigenvalue weighted by Crippen LogP contribution is 2.41. The molecule has 2 aromatic rings. The predicted molar refractivity (Wildman–Crippen MR) is 127 cm³/mol. The summed E-state index contributed by atoms with van der Waals surface area (Å²) in [5, 5.41) is 3.14. The molecule has 1 aliphatic rings. The van der Waals surface area contributed by atoms with Crippen molar-refractivity contribution in [3.63, 3.8) is 0 Å². The van der Waals surface area contributed by atoms with Gasteiger partial charge in [-0.05, 0) is 44.2 Å². The van der Waals surface area contributed by atoms with Crippen molar-refractivity contribution in [2.45, 2.75) is 30.6 Å². The van der Waals surface area contributed by atoms with Crippen molar-refractivity contribution in [1.82, 2.24) is 0 Å². The van der Waals surface area contributed by atoms with E-state index in [1.165, 1.54) is 12.1 Å². The molecule has 1 aliphatic heterocycles. The van der Waals surface area contributed by atoms with Crippen LogP contribution in [0, 0.1) is 0 Å². The van der Waals surface area contributed by atoms with Crippen LogP contribution in [0.25, 0.3) is 0 Å². The van der Waals surface area contributed by atoms with Crippen LogP contribution in [0.1, 0.15) is 25.8 Å². The minimum absolute atomic E-state index is 0.115. The van der Waals surface area contributed by atoms with Crippen LogP contribution in [0.3, 0.4) is 0 Å². The molecule has 10 heteroatoms. The molecule has 0 radical (unpaired) electrons. The van der Waals surface area contributed by atoms with Crippen molar-refractivity contribution >= 4 is 37.3 Å². The largest absolute Gasteiger partial charge is 0.748 e. The first-order chi connectivity index (χ1) is 15.4. The summed E-state index contributed by atoms with van der Waals surface area (Å²) >= 11 is 0. The SMILES string of the molecule is CC1(C)C(C=CC=CNc2ccccc2)=[N+](CCCS(=O)(=O)[O-])c2ccc(S(=O)(=O)O)cc21. The van der Waals surface area contributed by atoms with E-state index in [4.69, 9.17) is 0 Å². The van der Waals surface area contributed by atoms with Crippen LogP contribution in [0.15, 0.2) is 77.9 Å². The van der Waals surface area contributed by atoms with Gasteiger partial charge in [0.2, 0.25) is 5.69 Å². The highest BCUT2D eigenvalue weighted by atomic mass is 32.2. The van der Waals surface area contributed by atoms with Crippen molar-refractivity contribution in [2.75, 3.05) is 17.6 Å². The quantitative estimate of drug-likeness (QED) is 0.313. The van der Waals surface area contributed by atoms with Gasteiger partial charge in [0.25, 0.3) is 10.1 Å². The Balaban J connectivity index is 1.93. The topological polar surface area (TPSA) is 127 Å². The molecule has 0 aliphatic carbocycles. The number of nitrogens with zero attached hydrogens (tertiary/aromatic N) is 1. The van der Waals surface area contributed by atoms with Crippen molar-refractivity contribution < 1.29 is 30.5 Å². The number of nitrogens with one attached hydrogen (secondary N) is 1. The zero-order valence-corrected chi connectivity index (χ0v) is 19.9. The van der Waals surface area contributed by atoms with Gasteiger partial charge in [-0.3, -0.25) is 4.55 Å². The number of rotatable bonds is 9. The molecule has 0 aromatic heterocycles. The van der Waals surface area contributed by atoms with Gasteiger partial charge in [0.1, 0.15) is 6.54 Å². The van der Waals surface area contributed by atoms with E-state index in [9.17, 15) is 25.9 Å². The van der Waals surface area contributed by atoms with Gasteiger partial charge >= 0.3 is 0 Å².